The summed E-state index contributed by atoms with van der Waals surface area (Å²) < 4.78 is 10.8. The summed E-state index contributed by atoms with van der Waals surface area (Å²) in [5.74, 6) is -1.10. The zero-order chi connectivity index (χ0) is 17.6. The van der Waals surface area contributed by atoms with Crippen LogP contribution in [0.3, 0.4) is 0 Å². The van der Waals surface area contributed by atoms with Gasteiger partial charge in [-0.2, -0.15) is 0 Å². The predicted molar refractivity (Wildman–Crippen MR) is 90.2 cm³/mol. The highest BCUT2D eigenvalue weighted by molar-refractivity contribution is 5.78. The molecule has 2 aliphatic heterocycles. The average Bonchev–Trinajstić information content (AvgIpc) is 2.60. The summed E-state index contributed by atoms with van der Waals surface area (Å²) in [6.07, 6.45) is 1.20. The van der Waals surface area contributed by atoms with Crippen molar-refractivity contribution in [3.8, 4) is 0 Å². The molecule has 2 aliphatic rings. The largest absolute Gasteiger partial charge is 0.480 e. The van der Waals surface area contributed by atoms with E-state index in [4.69, 9.17) is 14.6 Å². The molecule has 7 nitrogen and oxygen atoms in total. The van der Waals surface area contributed by atoms with Crippen molar-refractivity contribution in [1.29, 1.82) is 0 Å². The van der Waals surface area contributed by atoms with Crippen LogP contribution in [0, 0.1) is 0 Å². The van der Waals surface area contributed by atoms with Gasteiger partial charge in [-0.25, -0.2) is 4.79 Å². The summed E-state index contributed by atoms with van der Waals surface area (Å²) in [6, 6.07) is 7.99. The quantitative estimate of drug-likeness (QED) is 0.775. The van der Waals surface area contributed by atoms with Crippen molar-refractivity contribution < 1.29 is 24.2 Å². The molecule has 1 aromatic rings. The van der Waals surface area contributed by atoms with Crippen LogP contribution in [0.4, 0.5) is 0 Å². The fourth-order valence-corrected chi connectivity index (χ4v) is 3.38. The van der Waals surface area contributed by atoms with Gasteiger partial charge in [-0.05, 0) is 24.0 Å². The molecule has 1 aromatic carbocycles. The van der Waals surface area contributed by atoms with E-state index in [1.807, 2.05) is 12.1 Å². The van der Waals surface area contributed by atoms with Crippen LogP contribution in [-0.2, 0) is 32.0 Å². The van der Waals surface area contributed by atoms with Gasteiger partial charge >= 0.3 is 5.97 Å². The fraction of sp³-hybridized carbons (Fsp3) is 0.556. The highest BCUT2D eigenvalue weighted by Crippen LogP contribution is 2.18. The summed E-state index contributed by atoms with van der Waals surface area (Å²) in [6.45, 7) is 2.43. The minimum Gasteiger partial charge on any atom is -0.480 e. The van der Waals surface area contributed by atoms with E-state index in [9.17, 15) is 9.59 Å². The Morgan fingerprint density at radius 1 is 1.32 bits per heavy atom. The monoisotopic (exact) mass is 348 g/mol. The number of hydrogen-bond acceptors (Lipinski definition) is 5. The van der Waals surface area contributed by atoms with E-state index in [2.05, 4.69) is 22.3 Å². The van der Waals surface area contributed by atoms with Gasteiger partial charge in [-0.15, -0.1) is 0 Å². The Labute approximate surface area is 146 Å². The molecule has 0 unspecified atom stereocenters. The van der Waals surface area contributed by atoms with Crippen LogP contribution in [0.25, 0.3) is 0 Å². The number of benzene rings is 1. The van der Waals surface area contributed by atoms with Crippen molar-refractivity contribution in [3.05, 3.63) is 35.4 Å². The Kier molecular flexibility index (Phi) is 6.01. The maximum Gasteiger partial charge on any atom is 0.329 e. The first-order chi connectivity index (χ1) is 12.1. The average molecular weight is 348 g/mol. The zero-order valence-corrected chi connectivity index (χ0v) is 14.1. The first-order valence-electron chi connectivity index (χ1n) is 8.61. The molecule has 0 spiro atoms. The van der Waals surface area contributed by atoms with E-state index >= 15 is 0 Å². The third-order valence-corrected chi connectivity index (χ3v) is 4.64. The first-order valence-corrected chi connectivity index (χ1v) is 8.61. The van der Waals surface area contributed by atoms with Gasteiger partial charge < -0.3 is 19.9 Å². The number of aliphatic carboxylic acids is 1. The second-order valence-electron chi connectivity index (χ2n) is 6.51. The number of nitrogens with zero attached hydrogens (tertiary/aromatic N) is 1. The summed E-state index contributed by atoms with van der Waals surface area (Å²) in [4.78, 5) is 25.2. The van der Waals surface area contributed by atoms with E-state index in [0.29, 0.717) is 26.2 Å². The summed E-state index contributed by atoms with van der Waals surface area (Å²) in [7, 11) is 0. The molecule has 0 aliphatic carbocycles. The van der Waals surface area contributed by atoms with E-state index in [1.54, 1.807) is 0 Å². The van der Waals surface area contributed by atoms with Crippen molar-refractivity contribution >= 4 is 11.9 Å². The minimum absolute atomic E-state index is 0.0844. The molecule has 0 aromatic heterocycles. The second-order valence-corrected chi connectivity index (χ2v) is 6.51. The van der Waals surface area contributed by atoms with Gasteiger partial charge in [0, 0.05) is 19.7 Å². The first kappa shape index (κ1) is 17.8. The number of rotatable bonds is 6. The molecule has 2 N–H and O–H groups in total. The Balaban J connectivity index is 1.50. The predicted octanol–water partition coefficient (Wildman–Crippen LogP) is 0.420. The second kappa shape index (κ2) is 8.42. The number of carboxylic acids is 1. The lowest BCUT2D eigenvalue weighted by Crippen LogP contribution is -2.53. The zero-order valence-electron chi connectivity index (χ0n) is 14.1. The minimum atomic E-state index is -1.01. The molecule has 136 valence electrons. The molecule has 7 heteroatoms. The van der Waals surface area contributed by atoms with Crippen LogP contribution in [0.1, 0.15) is 17.5 Å². The highest BCUT2D eigenvalue weighted by Gasteiger charge is 2.29. The number of nitrogens with one attached hydrogen (secondary N) is 1. The van der Waals surface area contributed by atoms with Crippen LogP contribution in [0.2, 0.25) is 0 Å². The van der Waals surface area contributed by atoms with Crippen LogP contribution in [0.5, 0.6) is 0 Å². The molecule has 0 saturated carbocycles. The molecule has 2 heterocycles. The number of fused-ring (bicyclic) bond motifs is 1. The lowest BCUT2D eigenvalue weighted by atomic mass is 10.00. The number of amides is 1. The van der Waals surface area contributed by atoms with E-state index in [1.165, 1.54) is 11.1 Å². The van der Waals surface area contributed by atoms with E-state index in [-0.39, 0.29) is 24.7 Å². The summed E-state index contributed by atoms with van der Waals surface area (Å²) >= 11 is 0. The molecule has 1 fully saturated rings. The van der Waals surface area contributed by atoms with Crippen molar-refractivity contribution in [2.24, 2.45) is 0 Å². The number of hydrogen-bond donors (Lipinski definition) is 2. The number of carboxylic acid groups (broad SMARTS) is 1. The van der Waals surface area contributed by atoms with Crippen LogP contribution in [0.15, 0.2) is 24.3 Å². The van der Waals surface area contributed by atoms with Gasteiger partial charge in [0.1, 0.15) is 6.61 Å². The fourth-order valence-electron chi connectivity index (χ4n) is 3.38. The molecule has 0 bridgehead atoms. The van der Waals surface area contributed by atoms with Crippen molar-refractivity contribution in [2.75, 3.05) is 32.9 Å². The summed E-state index contributed by atoms with van der Waals surface area (Å²) in [5, 5.41) is 11.7. The lowest BCUT2D eigenvalue weighted by Gasteiger charge is -2.33. The molecule has 3 rings (SSSR count). The lowest BCUT2D eigenvalue weighted by molar-refractivity contribution is -0.148. The van der Waals surface area contributed by atoms with Gasteiger partial charge in [0.2, 0.25) is 5.91 Å². The SMILES string of the molecule is O=C(O)CO[C@@H]1CCOC[C@@H]1NC(=O)CN1CCc2ccccc2C1. The maximum absolute atomic E-state index is 12.4. The number of carbonyl (C=O) groups excluding carboxylic acids is 1. The number of carbonyl (C=O) groups is 2. The Hall–Kier alpha value is -1.96. The van der Waals surface area contributed by atoms with Crippen LogP contribution in [-0.4, -0.2) is 66.9 Å². The molecule has 1 saturated heterocycles. The third kappa shape index (κ3) is 5.01. The normalized spacial score (nSPS) is 23.7. The Morgan fingerprint density at radius 3 is 2.92 bits per heavy atom. The van der Waals surface area contributed by atoms with Crippen molar-refractivity contribution in [2.45, 2.75) is 31.5 Å². The molecule has 25 heavy (non-hydrogen) atoms. The maximum atomic E-state index is 12.4. The topological polar surface area (TPSA) is 88.1 Å². The molecule has 1 amide bonds. The van der Waals surface area contributed by atoms with Crippen molar-refractivity contribution in [3.63, 3.8) is 0 Å². The standard InChI is InChI=1S/C18H24N2O5/c21-17(10-20-7-5-13-3-1-2-4-14(13)9-20)19-15-11-24-8-6-16(15)25-12-18(22)23/h1-4,15-16H,5-12H2,(H,19,21)(H,22,23)/t15-,16+/m0/s1. The van der Waals surface area contributed by atoms with Crippen molar-refractivity contribution in [1.82, 2.24) is 10.2 Å². The highest BCUT2D eigenvalue weighted by atomic mass is 16.5. The molecule has 2 atom stereocenters. The van der Waals surface area contributed by atoms with Gasteiger partial charge in [0.25, 0.3) is 0 Å². The van der Waals surface area contributed by atoms with Gasteiger partial charge in [-0.3, -0.25) is 9.69 Å². The van der Waals surface area contributed by atoms with E-state index < -0.39 is 5.97 Å². The van der Waals surface area contributed by atoms with Crippen LogP contribution < -0.4 is 5.32 Å². The molecular formula is C18H24N2O5. The van der Waals surface area contributed by atoms with Gasteiger partial charge in [0.15, 0.2) is 0 Å². The van der Waals surface area contributed by atoms with Gasteiger partial charge in [0.05, 0.1) is 25.3 Å². The Bertz CT molecular complexity index is 621. The van der Waals surface area contributed by atoms with E-state index in [0.717, 1.165) is 19.5 Å². The molecular weight excluding hydrogens is 324 g/mol. The van der Waals surface area contributed by atoms with Gasteiger partial charge in [-0.1, -0.05) is 24.3 Å². The third-order valence-electron chi connectivity index (χ3n) is 4.64. The smallest absolute Gasteiger partial charge is 0.329 e. The molecule has 0 radical (unpaired) electrons. The number of ether oxygens (including phenoxy) is 2. The summed E-state index contributed by atoms with van der Waals surface area (Å²) in [5.41, 5.74) is 2.62. The van der Waals surface area contributed by atoms with Crippen LogP contribution >= 0.6 is 0 Å². The Morgan fingerprint density at radius 2 is 2.12 bits per heavy atom.